The fourth-order valence-electron chi connectivity index (χ4n) is 2.14. The maximum atomic E-state index is 12.4. The van der Waals surface area contributed by atoms with E-state index in [2.05, 4.69) is 6.58 Å². The molecule has 0 amide bonds. The molecule has 1 atom stereocenters. The SMILES string of the molecule is C=C(C)C(=O)OCC(O)COc1ccc(C(=O)c2ccccc2O)c(O)c1. The molecule has 0 radical (unpaired) electrons. The van der Waals surface area contributed by atoms with E-state index >= 15 is 0 Å². The van der Waals surface area contributed by atoms with E-state index in [4.69, 9.17) is 9.47 Å². The second-order valence-corrected chi connectivity index (χ2v) is 5.87. The summed E-state index contributed by atoms with van der Waals surface area (Å²) in [5.41, 5.74) is 0.286. The Morgan fingerprint density at radius 1 is 1.04 bits per heavy atom. The molecular weight excluding hydrogens is 352 g/mol. The number of phenols is 2. The topological polar surface area (TPSA) is 113 Å². The zero-order chi connectivity index (χ0) is 20.0. The summed E-state index contributed by atoms with van der Waals surface area (Å²) in [6.45, 7) is 4.47. The molecule has 2 aromatic rings. The van der Waals surface area contributed by atoms with Crippen molar-refractivity contribution in [2.75, 3.05) is 13.2 Å². The van der Waals surface area contributed by atoms with Crippen molar-refractivity contribution in [1.29, 1.82) is 0 Å². The van der Waals surface area contributed by atoms with Gasteiger partial charge in [-0.25, -0.2) is 4.79 Å². The van der Waals surface area contributed by atoms with Crippen molar-refractivity contribution in [1.82, 2.24) is 0 Å². The Kier molecular flexibility index (Phi) is 6.56. The number of benzene rings is 2. The van der Waals surface area contributed by atoms with Crippen molar-refractivity contribution < 1.29 is 34.4 Å². The van der Waals surface area contributed by atoms with Crippen LogP contribution in [0.2, 0.25) is 0 Å². The van der Waals surface area contributed by atoms with Gasteiger partial charge >= 0.3 is 5.97 Å². The van der Waals surface area contributed by atoms with Gasteiger partial charge in [0.25, 0.3) is 0 Å². The molecule has 7 heteroatoms. The zero-order valence-electron chi connectivity index (χ0n) is 14.7. The summed E-state index contributed by atoms with van der Waals surface area (Å²) in [6, 6.07) is 10.0. The Morgan fingerprint density at radius 3 is 2.33 bits per heavy atom. The highest BCUT2D eigenvalue weighted by Gasteiger charge is 2.17. The van der Waals surface area contributed by atoms with Crippen molar-refractivity contribution >= 4 is 11.8 Å². The van der Waals surface area contributed by atoms with Gasteiger partial charge in [0.05, 0.1) is 11.1 Å². The molecule has 0 heterocycles. The van der Waals surface area contributed by atoms with Crippen molar-refractivity contribution in [3.05, 3.63) is 65.7 Å². The van der Waals surface area contributed by atoms with E-state index in [0.717, 1.165) is 0 Å². The average Bonchev–Trinajstić information content (AvgIpc) is 2.64. The lowest BCUT2D eigenvalue weighted by Gasteiger charge is -2.13. The van der Waals surface area contributed by atoms with Gasteiger partial charge in [-0.1, -0.05) is 18.7 Å². The molecule has 2 aromatic carbocycles. The molecule has 1 unspecified atom stereocenters. The average molecular weight is 372 g/mol. The fourth-order valence-corrected chi connectivity index (χ4v) is 2.14. The number of hydrogen-bond acceptors (Lipinski definition) is 7. The Hall–Kier alpha value is -3.32. The number of ketones is 1. The Bertz CT molecular complexity index is 857. The molecule has 0 bridgehead atoms. The van der Waals surface area contributed by atoms with Crippen LogP contribution in [-0.2, 0) is 9.53 Å². The van der Waals surface area contributed by atoms with Gasteiger partial charge < -0.3 is 24.8 Å². The minimum absolute atomic E-state index is 0.000198. The molecule has 0 fully saturated rings. The molecule has 0 saturated carbocycles. The predicted molar refractivity (Wildman–Crippen MR) is 96.9 cm³/mol. The van der Waals surface area contributed by atoms with E-state index in [-0.39, 0.29) is 47.2 Å². The largest absolute Gasteiger partial charge is 0.507 e. The van der Waals surface area contributed by atoms with Crippen LogP contribution in [0.3, 0.4) is 0 Å². The van der Waals surface area contributed by atoms with Gasteiger partial charge in [-0.2, -0.15) is 0 Å². The number of rotatable bonds is 8. The maximum absolute atomic E-state index is 12.4. The molecule has 2 rings (SSSR count). The first-order chi connectivity index (χ1) is 12.8. The van der Waals surface area contributed by atoms with E-state index in [9.17, 15) is 24.9 Å². The van der Waals surface area contributed by atoms with Crippen LogP contribution in [0.4, 0.5) is 0 Å². The molecule has 0 aliphatic rings. The van der Waals surface area contributed by atoms with Gasteiger partial charge in [0.15, 0.2) is 5.78 Å². The van der Waals surface area contributed by atoms with Crippen LogP contribution >= 0.6 is 0 Å². The summed E-state index contributed by atoms with van der Waals surface area (Å²) in [7, 11) is 0. The number of phenolic OH excluding ortho intramolecular Hbond substituents is 2. The summed E-state index contributed by atoms with van der Waals surface area (Å²) >= 11 is 0. The summed E-state index contributed by atoms with van der Waals surface area (Å²) in [5, 5.41) is 29.6. The number of aromatic hydroxyl groups is 2. The van der Waals surface area contributed by atoms with Gasteiger partial charge in [0, 0.05) is 11.6 Å². The number of carbonyl (C=O) groups is 2. The lowest BCUT2D eigenvalue weighted by molar-refractivity contribution is -0.142. The number of ether oxygens (including phenoxy) is 2. The van der Waals surface area contributed by atoms with E-state index in [1.165, 1.54) is 37.3 Å². The molecule has 0 aromatic heterocycles. The monoisotopic (exact) mass is 372 g/mol. The minimum Gasteiger partial charge on any atom is -0.507 e. The third-order valence-electron chi connectivity index (χ3n) is 3.56. The lowest BCUT2D eigenvalue weighted by atomic mass is 10.0. The molecule has 3 N–H and O–H groups in total. The van der Waals surface area contributed by atoms with Crippen LogP contribution in [0.5, 0.6) is 17.2 Å². The van der Waals surface area contributed by atoms with Gasteiger partial charge in [-0.15, -0.1) is 0 Å². The van der Waals surface area contributed by atoms with Gasteiger partial charge in [-0.3, -0.25) is 4.79 Å². The molecule has 7 nitrogen and oxygen atoms in total. The van der Waals surface area contributed by atoms with Gasteiger partial charge in [0.1, 0.15) is 36.6 Å². The summed E-state index contributed by atoms with van der Waals surface area (Å²) in [6.07, 6.45) is -1.07. The van der Waals surface area contributed by atoms with Crippen molar-refractivity contribution in [2.24, 2.45) is 0 Å². The zero-order valence-corrected chi connectivity index (χ0v) is 14.7. The van der Waals surface area contributed by atoms with Crippen LogP contribution in [0.15, 0.2) is 54.6 Å². The molecular formula is C20H20O7. The molecule has 142 valence electrons. The molecule has 27 heavy (non-hydrogen) atoms. The van der Waals surface area contributed by atoms with Crippen LogP contribution in [0, 0.1) is 0 Å². The summed E-state index contributed by atoms with van der Waals surface area (Å²) in [5.74, 6) is -1.45. The predicted octanol–water partition coefficient (Wildman–Crippen LogP) is 2.19. The first-order valence-electron chi connectivity index (χ1n) is 8.08. The lowest BCUT2D eigenvalue weighted by Crippen LogP contribution is -2.25. The van der Waals surface area contributed by atoms with Crippen molar-refractivity contribution in [3.8, 4) is 17.2 Å². The van der Waals surface area contributed by atoms with Gasteiger partial charge in [-0.05, 0) is 31.2 Å². The number of hydrogen-bond donors (Lipinski definition) is 3. The van der Waals surface area contributed by atoms with Gasteiger partial charge in [0.2, 0.25) is 0 Å². The fraction of sp³-hybridized carbons (Fsp3) is 0.200. The van der Waals surface area contributed by atoms with Crippen LogP contribution in [0.1, 0.15) is 22.8 Å². The highest BCUT2D eigenvalue weighted by molar-refractivity contribution is 6.12. The molecule has 0 saturated heterocycles. The number of aliphatic hydroxyl groups is 1. The van der Waals surface area contributed by atoms with Crippen LogP contribution in [-0.4, -0.2) is 46.4 Å². The van der Waals surface area contributed by atoms with Crippen LogP contribution < -0.4 is 4.74 Å². The number of para-hydroxylation sites is 1. The molecule has 0 spiro atoms. The Balaban J connectivity index is 1.98. The third-order valence-corrected chi connectivity index (χ3v) is 3.56. The number of esters is 1. The molecule has 0 aliphatic heterocycles. The standard InChI is InChI=1S/C20H20O7/c1-12(2)20(25)27-11-13(21)10-26-14-7-8-16(18(23)9-14)19(24)15-5-3-4-6-17(15)22/h3-9,13,21-23H,1,10-11H2,2H3. The normalized spacial score (nSPS) is 11.5. The van der Waals surface area contributed by atoms with Crippen molar-refractivity contribution in [3.63, 3.8) is 0 Å². The Morgan fingerprint density at radius 2 is 1.70 bits per heavy atom. The third kappa shape index (κ3) is 5.32. The number of aliphatic hydroxyl groups excluding tert-OH is 1. The second kappa shape index (κ2) is 8.86. The molecule has 0 aliphatic carbocycles. The van der Waals surface area contributed by atoms with Crippen molar-refractivity contribution in [2.45, 2.75) is 13.0 Å². The first-order valence-corrected chi connectivity index (χ1v) is 8.08. The van der Waals surface area contributed by atoms with E-state index in [1.54, 1.807) is 12.1 Å². The highest BCUT2D eigenvalue weighted by Crippen LogP contribution is 2.28. The van der Waals surface area contributed by atoms with Crippen LogP contribution in [0.25, 0.3) is 0 Å². The summed E-state index contributed by atoms with van der Waals surface area (Å²) in [4.78, 5) is 23.7. The number of carbonyl (C=O) groups excluding carboxylic acids is 2. The Labute approximate surface area is 156 Å². The second-order valence-electron chi connectivity index (χ2n) is 5.87. The smallest absolute Gasteiger partial charge is 0.333 e. The maximum Gasteiger partial charge on any atom is 0.333 e. The summed E-state index contributed by atoms with van der Waals surface area (Å²) < 4.78 is 10.1. The van der Waals surface area contributed by atoms with E-state index in [0.29, 0.717) is 0 Å². The highest BCUT2D eigenvalue weighted by atomic mass is 16.5. The van der Waals surface area contributed by atoms with E-state index in [1.807, 2.05) is 0 Å². The quantitative estimate of drug-likeness (QED) is 0.370. The first kappa shape index (κ1) is 20.0. The minimum atomic E-state index is -1.07. The van der Waals surface area contributed by atoms with E-state index < -0.39 is 17.9 Å².